The van der Waals surface area contributed by atoms with Crippen LogP contribution in [0, 0.1) is 0 Å². The van der Waals surface area contributed by atoms with Crippen LogP contribution in [0.25, 0.3) is 16.6 Å². The molecule has 0 saturated carbocycles. The third kappa shape index (κ3) is 3.44. The molecular weight excluding hydrogens is 352 g/mol. The first-order chi connectivity index (χ1) is 13.6. The van der Waals surface area contributed by atoms with Gasteiger partial charge in [-0.25, -0.2) is 15.0 Å². The lowest BCUT2D eigenvalue weighted by molar-refractivity contribution is 0.560. The number of hydrazone groups is 1. The first-order valence-corrected chi connectivity index (χ1v) is 9.08. The molecule has 2 heterocycles. The van der Waals surface area contributed by atoms with Crippen molar-refractivity contribution in [3.63, 3.8) is 0 Å². The molecule has 0 amide bonds. The topological polar surface area (TPSA) is 72.4 Å². The number of para-hydroxylation sites is 1. The van der Waals surface area contributed by atoms with Crippen molar-refractivity contribution in [1.82, 2.24) is 9.55 Å². The Morgan fingerprint density at radius 1 is 1.07 bits per heavy atom. The van der Waals surface area contributed by atoms with Crippen LogP contribution < -0.4 is 11.0 Å². The van der Waals surface area contributed by atoms with E-state index in [0.29, 0.717) is 28.5 Å². The Kier molecular flexibility index (Phi) is 4.76. The van der Waals surface area contributed by atoms with Gasteiger partial charge in [0.15, 0.2) is 0 Å². The highest BCUT2D eigenvalue weighted by Crippen LogP contribution is 2.20. The van der Waals surface area contributed by atoms with E-state index < -0.39 is 0 Å². The Morgan fingerprint density at radius 2 is 1.86 bits per heavy atom. The minimum absolute atomic E-state index is 0.154. The van der Waals surface area contributed by atoms with Crippen LogP contribution >= 0.6 is 0 Å². The summed E-state index contributed by atoms with van der Waals surface area (Å²) in [6.07, 6.45) is 3.11. The van der Waals surface area contributed by atoms with E-state index >= 15 is 0 Å². The molecule has 2 aromatic heterocycles. The van der Waals surface area contributed by atoms with Crippen molar-refractivity contribution in [2.75, 3.05) is 5.43 Å². The molecule has 0 aliphatic carbocycles. The SMILES string of the molecule is CC(C)c1ccc(-n2c(N/N=C\c3ccco3)nc3ccccc3c2=O)cc1. The molecule has 0 aliphatic heterocycles. The van der Waals surface area contributed by atoms with Gasteiger partial charge in [0, 0.05) is 0 Å². The van der Waals surface area contributed by atoms with Crippen LogP contribution in [0.3, 0.4) is 0 Å². The van der Waals surface area contributed by atoms with Gasteiger partial charge in [0.1, 0.15) is 5.76 Å². The van der Waals surface area contributed by atoms with E-state index in [1.54, 1.807) is 24.5 Å². The second-order valence-electron chi connectivity index (χ2n) is 6.72. The first kappa shape index (κ1) is 17.7. The van der Waals surface area contributed by atoms with Crippen molar-refractivity contribution in [2.45, 2.75) is 19.8 Å². The molecule has 0 aliphatic rings. The Morgan fingerprint density at radius 3 is 2.57 bits per heavy atom. The van der Waals surface area contributed by atoms with Crippen molar-refractivity contribution in [3.8, 4) is 5.69 Å². The van der Waals surface area contributed by atoms with Crippen LogP contribution in [-0.2, 0) is 0 Å². The number of rotatable bonds is 5. The Hall–Kier alpha value is -3.67. The van der Waals surface area contributed by atoms with Gasteiger partial charge in [0.05, 0.1) is 29.1 Å². The van der Waals surface area contributed by atoms with Crippen molar-refractivity contribution in [1.29, 1.82) is 0 Å². The van der Waals surface area contributed by atoms with Gasteiger partial charge < -0.3 is 4.42 Å². The molecule has 6 nitrogen and oxygen atoms in total. The average Bonchev–Trinajstić information content (AvgIpc) is 3.22. The monoisotopic (exact) mass is 372 g/mol. The normalized spacial score (nSPS) is 11.5. The van der Waals surface area contributed by atoms with Crippen LogP contribution in [0.1, 0.15) is 31.1 Å². The van der Waals surface area contributed by atoms with Crippen molar-refractivity contribution in [3.05, 3.63) is 88.6 Å². The maximum Gasteiger partial charge on any atom is 0.267 e. The largest absolute Gasteiger partial charge is 0.463 e. The summed E-state index contributed by atoms with van der Waals surface area (Å²) < 4.78 is 6.77. The molecule has 2 aromatic carbocycles. The molecule has 4 aromatic rings. The fourth-order valence-corrected chi connectivity index (χ4v) is 2.97. The van der Waals surface area contributed by atoms with E-state index in [1.807, 2.05) is 42.5 Å². The van der Waals surface area contributed by atoms with Gasteiger partial charge >= 0.3 is 0 Å². The van der Waals surface area contributed by atoms with Crippen molar-refractivity contribution >= 4 is 23.1 Å². The molecule has 6 heteroatoms. The van der Waals surface area contributed by atoms with Crippen LogP contribution in [0.15, 0.2) is 81.2 Å². The number of benzene rings is 2. The summed E-state index contributed by atoms with van der Waals surface area (Å²) in [7, 11) is 0. The lowest BCUT2D eigenvalue weighted by atomic mass is 10.0. The molecule has 0 bridgehead atoms. The number of hydrogen-bond donors (Lipinski definition) is 1. The second kappa shape index (κ2) is 7.52. The molecule has 0 spiro atoms. The third-order valence-corrected chi connectivity index (χ3v) is 4.49. The standard InChI is InChI=1S/C22H20N4O2/c1-15(2)16-9-11-17(12-10-16)26-21(27)19-7-3-4-8-20(19)24-22(26)25-23-14-18-6-5-13-28-18/h3-15H,1-2H3,(H,24,25)/b23-14-. The number of aromatic nitrogens is 2. The fourth-order valence-electron chi connectivity index (χ4n) is 2.97. The van der Waals surface area contributed by atoms with Gasteiger partial charge in [-0.1, -0.05) is 38.1 Å². The van der Waals surface area contributed by atoms with Crippen molar-refractivity contribution in [2.24, 2.45) is 5.10 Å². The lowest BCUT2D eigenvalue weighted by Gasteiger charge is -2.14. The van der Waals surface area contributed by atoms with Gasteiger partial charge in [-0.3, -0.25) is 4.79 Å². The minimum Gasteiger partial charge on any atom is -0.463 e. The zero-order valence-electron chi connectivity index (χ0n) is 15.7. The first-order valence-electron chi connectivity index (χ1n) is 9.08. The number of anilines is 1. The van der Waals surface area contributed by atoms with E-state index in [4.69, 9.17) is 4.42 Å². The molecule has 0 saturated heterocycles. The number of furan rings is 1. The fraction of sp³-hybridized carbons (Fsp3) is 0.136. The molecule has 0 radical (unpaired) electrons. The highest BCUT2D eigenvalue weighted by atomic mass is 16.3. The summed E-state index contributed by atoms with van der Waals surface area (Å²) in [5, 5.41) is 4.72. The second-order valence-corrected chi connectivity index (χ2v) is 6.72. The molecule has 1 N–H and O–H groups in total. The van der Waals surface area contributed by atoms with Crippen molar-refractivity contribution < 1.29 is 4.42 Å². The van der Waals surface area contributed by atoms with E-state index in [0.717, 1.165) is 5.69 Å². The zero-order valence-corrected chi connectivity index (χ0v) is 15.7. The summed E-state index contributed by atoms with van der Waals surface area (Å²) in [5.74, 6) is 1.35. The van der Waals surface area contributed by atoms with Gasteiger partial charge in [-0.15, -0.1) is 0 Å². The number of nitrogens with one attached hydrogen (secondary N) is 1. The molecular formula is C22H20N4O2. The van der Waals surface area contributed by atoms with Gasteiger partial charge in [-0.2, -0.15) is 5.10 Å². The van der Waals surface area contributed by atoms with Crippen LogP contribution in [0.4, 0.5) is 5.95 Å². The maximum absolute atomic E-state index is 13.2. The Balaban J connectivity index is 1.82. The van der Waals surface area contributed by atoms with Crippen LogP contribution in [0.5, 0.6) is 0 Å². The average molecular weight is 372 g/mol. The minimum atomic E-state index is -0.154. The smallest absolute Gasteiger partial charge is 0.267 e. The number of fused-ring (bicyclic) bond motifs is 1. The summed E-state index contributed by atoms with van der Waals surface area (Å²) in [6, 6.07) is 18.7. The highest BCUT2D eigenvalue weighted by molar-refractivity contribution is 5.80. The summed E-state index contributed by atoms with van der Waals surface area (Å²) >= 11 is 0. The van der Waals surface area contributed by atoms with Gasteiger partial charge in [-0.05, 0) is 47.9 Å². The predicted octanol–water partition coefficient (Wildman–Crippen LogP) is 4.55. The van der Waals surface area contributed by atoms with E-state index in [9.17, 15) is 4.79 Å². The van der Waals surface area contributed by atoms with E-state index in [2.05, 4.69) is 29.4 Å². The van der Waals surface area contributed by atoms with Gasteiger partial charge in [0.25, 0.3) is 5.56 Å². The van der Waals surface area contributed by atoms with Gasteiger partial charge in [0.2, 0.25) is 5.95 Å². The molecule has 28 heavy (non-hydrogen) atoms. The summed E-state index contributed by atoms with van der Waals surface area (Å²) in [4.78, 5) is 17.8. The quantitative estimate of drug-likeness (QED) is 0.412. The molecule has 0 atom stereocenters. The summed E-state index contributed by atoms with van der Waals surface area (Å²) in [5.41, 5.74) is 5.27. The zero-order chi connectivity index (χ0) is 19.5. The third-order valence-electron chi connectivity index (χ3n) is 4.49. The number of hydrogen-bond acceptors (Lipinski definition) is 5. The summed E-state index contributed by atoms with van der Waals surface area (Å²) in [6.45, 7) is 4.27. The number of nitrogens with zero attached hydrogens (tertiary/aromatic N) is 3. The van der Waals surface area contributed by atoms with E-state index in [-0.39, 0.29) is 5.56 Å². The Bertz CT molecular complexity index is 1170. The maximum atomic E-state index is 13.2. The lowest BCUT2D eigenvalue weighted by Crippen LogP contribution is -2.22. The highest BCUT2D eigenvalue weighted by Gasteiger charge is 2.12. The molecule has 0 unspecified atom stereocenters. The molecule has 4 rings (SSSR count). The Labute approximate surface area is 162 Å². The molecule has 140 valence electrons. The predicted molar refractivity (Wildman–Crippen MR) is 111 cm³/mol. The molecule has 0 fully saturated rings. The van der Waals surface area contributed by atoms with E-state index in [1.165, 1.54) is 16.3 Å². The van der Waals surface area contributed by atoms with Crippen LogP contribution in [-0.4, -0.2) is 15.8 Å². The van der Waals surface area contributed by atoms with Crippen LogP contribution in [0.2, 0.25) is 0 Å².